The summed E-state index contributed by atoms with van der Waals surface area (Å²) in [7, 11) is -8.10. The van der Waals surface area contributed by atoms with Gasteiger partial charge in [-0.15, -0.1) is 0 Å². The Labute approximate surface area is 173 Å². The zero-order valence-electron chi connectivity index (χ0n) is 15.6. The van der Waals surface area contributed by atoms with E-state index in [1.807, 2.05) is 6.07 Å². The molecule has 154 valence electrons. The number of hydrogen-bond donors (Lipinski definition) is 2. The molecule has 3 aromatic carbocycles. The van der Waals surface area contributed by atoms with E-state index in [0.717, 1.165) is 12.1 Å². The maximum Gasteiger partial charge on any atom is 0.262 e. The maximum atomic E-state index is 13.0. The van der Waals surface area contributed by atoms with Gasteiger partial charge in [-0.2, -0.15) is 5.26 Å². The Kier molecular flexibility index (Phi) is 5.78. The van der Waals surface area contributed by atoms with Crippen LogP contribution in [0.5, 0.6) is 0 Å². The standard InChI is InChI=1S/C20H16FN3O4S2/c1-14-5-8-18(24-29(25,26)19-4-2-3-15(11-19)13-22)12-20(14)30(27,28)23-17-9-6-16(21)7-10-17/h2-12,23-24H,1H3. The fraction of sp³-hybridized carbons (Fsp3) is 0.0500. The highest BCUT2D eigenvalue weighted by atomic mass is 32.2. The molecule has 0 saturated heterocycles. The summed E-state index contributed by atoms with van der Waals surface area (Å²) in [5.74, 6) is -0.508. The third-order valence-electron chi connectivity index (χ3n) is 4.10. The molecule has 0 aliphatic carbocycles. The molecule has 0 atom stereocenters. The van der Waals surface area contributed by atoms with Crippen molar-refractivity contribution in [2.75, 3.05) is 9.44 Å². The molecule has 7 nitrogen and oxygen atoms in total. The smallest absolute Gasteiger partial charge is 0.262 e. The number of hydrogen-bond acceptors (Lipinski definition) is 5. The van der Waals surface area contributed by atoms with Crippen molar-refractivity contribution in [3.8, 4) is 6.07 Å². The van der Waals surface area contributed by atoms with Crippen molar-refractivity contribution in [3.05, 3.63) is 83.7 Å². The summed E-state index contributed by atoms with van der Waals surface area (Å²) in [6, 6.07) is 16.2. The highest BCUT2D eigenvalue weighted by Gasteiger charge is 2.20. The van der Waals surface area contributed by atoms with Crippen LogP contribution in [0.15, 0.2) is 76.5 Å². The highest BCUT2D eigenvalue weighted by molar-refractivity contribution is 7.93. The average Bonchev–Trinajstić information content (AvgIpc) is 2.71. The van der Waals surface area contributed by atoms with Gasteiger partial charge in [0, 0.05) is 5.69 Å². The highest BCUT2D eigenvalue weighted by Crippen LogP contribution is 2.25. The van der Waals surface area contributed by atoms with Crippen LogP contribution in [0.3, 0.4) is 0 Å². The van der Waals surface area contributed by atoms with Gasteiger partial charge < -0.3 is 0 Å². The zero-order valence-corrected chi connectivity index (χ0v) is 17.3. The van der Waals surface area contributed by atoms with Crippen molar-refractivity contribution in [2.45, 2.75) is 16.7 Å². The van der Waals surface area contributed by atoms with Crippen molar-refractivity contribution in [3.63, 3.8) is 0 Å². The first-order valence-electron chi connectivity index (χ1n) is 8.53. The van der Waals surface area contributed by atoms with Crippen LogP contribution in [0.2, 0.25) is 0 Å². The van der Waals surface area contributed by atoms with Crippen LogP contribution in [0, 0.1) is 24.1 Å². The number of halogens is 1. The number of nitrogens with zero attached hydrogens (tertiary/aromatic N) is 1. The first-order valence-corrected chi connectivity index (χ1v) is 11.5. The topological polar surface area (TPSA) is 116 Å². The Bertz CT molecular complexity index is 1350. The number of aryl methyl sites for hydroxylation is 1. The Morgan fingerprint density at radius 3 is 2.13 bits per heavy atom. The van der Waals surface area contributed by atoms with Crippen LogP contribution in [-0.4, -0.2) is 16.8 Å². The van der Waals surface area contributed by atoms with Crippen LogP contribution in [0.4, 0.5) is 15.8 Å². The number of nitrogens with one attached hydrogen (secondary N) is 2. The zero-order chi connectivity index (χ0) is 21.9. The quantitative estimate of drug-likeness (QED) is 0.601. The van der Waals surface area contributed by atoms with E-state index >= 15 is 0 Å². The van der Waals surface area contributed by atoms with Crippen molar-refractivity contribution >= 4 is 31.4 Å². The molecule has 0 heterocycles. The molecule has 30 heavy (non-hydrogen) atoms. The molecule has 0 aromatic heterocycles. The number of nitriles is 1. The van der Waals surface area contributed by atoms with Crippen LogP contribution in [-0.2, 0) is 20.0 Å². The van der Waals surface area contributed by atoms with Crippen molar-refractivity contribution in [1.82, 2.24) is 0 Å². The summed E-state index contributed by atoms with van der Waals surface area (Å²) < 4.78 is 68.5. The number of anilines is 2. The van der Waals surface area contributed by atoms with E-state index in [1.54, 1.807) is 6.92 Å². The minimum absolute atomic E-state index is 0.0300. The summed E-state index contributed by atoms with van der Waals surface area (Å²) in [6.45, 7) is 1.56. The fourth-order valence-corrected chi connectivity index (χ4v) is 5.05. The molecule has 10 heteroatoms. The van der Waals surface area contributed by atoms with E-state index in [9.17, 15) is 21.2 Å². The molecule has 0 radical (unpaired) electrons. The van der Waals surface area contributed by atoms with Gasteiger partial charge in [0.05, 0.1) is 27.1 Å². The third-order valence-corrected chi connectivity index (χ3v) is 7.00. The summed E-state index contributed by atoms with van der Waals surface area (Å²) in [6.07, 6.45) is 0. The number of rotatable bonds is 6. The summed E-state index contributed by atoms with van der Waals surface area (Å²) >= 11 is 0. The van der Waals surface area contributed by atoms with Crippen molar-refractivity contribution < 1.29 is 21.2 Å². The lowest BCUT2D eigenvalue weighted by Crippen LogP contribution is -2.16. The average molecular weight is 445 g/mol. The van der Waals surface area contributed by atoms with E-state index in [1.165, 1.54) is 54.6 Å². The van der Waals surface area contributed by atoms with Gasteiger partial charge in [0.25, 0.3) is 20.0 Å². The number of sulfonamides is 2. The third kappa shape index (κ3) is 4.76. The van der Waals surface area contributed by atoms with Gasteiger partial charge in [-0.3, -0.25) is 9.44 Å². The lowest BCUT2D eigenvalue weighted by atomic mass is 10.2. The fourth-order valence-electron chi connectivity index (χ4n) is 2.63. The van der Waals surface area contributed by atoms with E-state index in [-0.39, 0.29) is 26.7 Å². The van der Waals surface area contributed by atoms with Gasteiger partial charge in [0.15, 0.2) is 0 Å². The monoisotopic (exact) mass is 445 g/mol. The summed E-state index contributed by atoms with van der Waals surface area (Å²) in [4.78, 5) is -0.270. The lowest BCUT2D eigenvalue weighted by Gasteiger charge is -2.13. The summed E-state index contributed by atoms with van der Waals surface area (Å²) in [5, 5.41) is 8.95. The minimum Gasteiger partial charge on any atom is -0.280 e. The van der Waals surface area contributed by atoms with E-state index < -0.39 is 25.9 Å². The van der Waals surface area contributed by atoms with Crippen LogP contribution < -0.4 is 9.44 Å². The van der Waals surface area contributed by atoms with Crippen molar-refractivity contribution in [2.24, 2.45) is 0 Å². The van der Waals surface area contributed by atoms with Gasteiger partial charge in [0.2, 0.25) is 0 Å². The molecule has 3 aromatic rings. The van der Waals surface area contributed by atoms with E-state index in [2.05, 4.69) is 9.44 Å². The second-order valence-corrected chi connectivity index (χ2v) is 9.67. The summed E-state index contributed by atoms with van der Waals surface area (Å²) in [5.41, 5.74) is 0.755. The Morgan fingerprint density at radius 1 is 0.833 bits per heavy atom. The second kappa shape index (κ2) is 8.14. The molecule has 0 bridgehead atoms. The second-order valence-electron chi connectivity index (χ2n) is 6.34. The Hall–Kier alpha value is -3.42. The molecule has 0 aliphatic heterocycles. The Balaban J connectivity index is 1.93. The molecule has 3 rings (SSSR count). The largest absolute Gasteiger partial charge is 0.280 e. The van der Waals surface area contributed by atoms with Crippen molar-refractivity contribution in [1.29, 1.82) is 5.26 Å². The Morgan fingerprint density at radius 2 is 1.47 bits per heavy atom. The molecule has 0 aliphatic rings. The SMILES string of the molecule is Cc1ccc(NS(=O)(=O)c2cccc(C#N)c2)cc1S(=O)(=O)Nc1ccc(F)cc1. The van der Waals surface area contributed by atoms with Crippen LogP contribution >= 0.6 is 0 Å². The molecule has 0 fully saturated rings. The molecular formula is C20H16FN3O4S2. The van der Waals surface area contributed by atoms with Gasteiger partial charge in [-0.25, -0.2) is 21.2 Å². The first-order chi connectivity index (χ1) is 14.1. The molecule has 2 N–H and O–H groups in total. The molecule has 0 unspecified atom stereocenters. The lowest BCUT2D eigenvalue weighted by molar-refractivity contribution is 0.598. The predicted molar refractivity (Wildman–Crippen MR) is 110 cm³/mol. The van der Waals surface area contributed by atoms with E-state index in [4.69, 9.17) is 5.26 Å². The molecule has 0 amide bonds. The maximum absolute atomic E-state index is 13.0. The van der Waals surface area contributed by atoms with E-state index in [0.29, 0.717) is 5.56 Å². The van der Waals surface area contributed by atoms with Gasteiger partial charge in [-0.05, 0) is 67.1 Å². The number of benzene rings is 3. The molecular weight excluding hydrogens is 429 g/mol. The normalized spacial score (nSPS) is 11.5. The predicted octanol–water partition coefficient (Wildman–Crippen LogP) is 3.61. The van der Waals surface area contributed by atoms with Gasteiger partial charge >= 0.3 is 0 Å². The van der Waals surface area contributed by atoms with Gasteiger partial charge in [0.1, 0.15) is 5.82 Å². The van der Waals surface area contributed by atoms with Crippen LogP contribution in [0.1, 0.15) is 11.1 Å². The van der Waals surface area contributed by atoms with Gasteiger partial charge in [-0.1, -0.05) is 12.1 Å². The minimum atomic E-state index is -4.06. The molecule has 0 spiro atoms. The first kappa shape index (κ1) is 21.3. The molecule has 0 saturated carbocycles. The van der Waals surface area contributed by atoms with Crippen LogP contribution in [0.25, 0.3) is 0 Å².